The third-order valence-electron chi connectivity index (χ3n) is 2.93. The first-order chi connectivity index (χ1) is 9.56. The van der Waals surface area contributed by atoms with E-state index in [1.807, 2.05) is 11.8 Å². The second-order valence-corrected chi connectivity index (χ2v) is 6.80. The maximum atomic E-state index is 11.7. The van der Waals surface area contributed by atoms with Crippen molar-refractivity contribution < 1.29 is 14.7 Å². The molecule has 1 saturated heterocycles. The molecule has 1 aromatic rings. The molecule has 3 N–H and O–H groups in total. The molecule has 1 unspecified atom stereocenters. The topological polar surface area (TPSA) is 91.3 Å². The van der Waals surface area contributed by atoms with Crippen LogP contribution in [0.5, 0.6) is 0 Å². The molecule has 0 saturated carbocycles. The number of carbonyl (C=O) groups excluding carboxylic acids is 1. The molecule has 1 fully saturated rings. The number of hydrogen-bond donors (Lipinski definition) is 3. The first kappa shape index (κ1) is 15.1. The van der Waals surface area contributed by atoms with Gasteiger partial charge in [0.2, 0.25) is 0 Å². The molecule has 1 aliphatic rings. The summed E-state index contributed by atoms with van der Waals surface area (Å²) in [5.74, 6) is 1.14. The van der Waals surface area contributed by atoms with Crippen molar-refractivity contribution in [1.29, 1.82) is 0 Å². The van der Waals surface area contributed by atoms with Crippen LogP contribution in [0.25, 0.3) is 0 Å². The lowest BCUT2D eigenvalue weighted by molar-refractivity contribution is 0.0701. The molecule has 0 spiro atoms. The number of amides is 2. The van der Waals surface area contributed by atoms with Gasteiger partial charge in [-0.2, -0.15) is 11.8 Å². The number of thiazole rings is 1. The average molecular weight is 315 g/mol. The fourth-order valence-electron chi connectivity index (χ4n) is 1.97. The highest BCUT2D eigenvalue weighted by molar-refractivity contribution is 7.99. The van der Waals surface area contributed by atoms with Gasteiger partial charge in [-0.1, -0.05) is 0 Å². The smallest absolute Gasteiger partial charge is 0.347 e. The molecule has 2 heterocycles. The highest BCUT2D eigenvalue weighted by Gasteiger charge is 2.17. The molecular formula is C12H17N3O3S2. The second-order valence-electron chi connectivity index (χ2n) is 4.57. The molecule has 0 aliphatic carbocycles. The van der Waals surface area contributed by atoms with E-state index in [1.165, 1.54) is 0 Å². The van der Waals surface area contributed by atoms with Gasteiger partial charge >= 0.3 is 12.0 Å². The van der Waals surface area contributed by atoms with Crippen molar-refractivity contribution in [3.63, 3.8) is 0 Å². The lowest BCUT2D eigenvalue weighted by atomic mass is 10.2. The van der Waals surface area contributed by atoms with Crippen LogP contribution in [0.4, 0.5) is 4.79 Å². The van der Waals surface area contributed by atoms with Gasteiger partial charge in [0.05, 0.1) is 12.2 Å². The molecule has 1 atom stereocenters. The summed E-state index contributed by atoms with van der Waals surface area (Å²) in [5.41, 5.74) is 0.489. The molecule has 20 heavy (non-hydrogen) atoms. The van der Waals surface area contributed by atoms with E-state index in [0.29, 0.717) is 10.7 Å². The van der Waals surface area contributed by atoms with Crippen LogP contribution in [-0.4, -0.2) is 39.6 Å². The van der Waals surface area contributed by atoms with E-state index in [4.69, 9.17) is 5.11 Å². The highest BCUT2D eigenvalue weighted by atomic mass is 32.2. The van der Waals surface area contributed by atoms with E-state index in [9.17, 15) is 9.59 Å². The van der Waals surface area contributed by atoms with E-state index in [0.717, 1.165) is 35.7 Å². The van der Waals surface area contributed by atoms with Crippen LogP contribution in [0, 0.1) is 6.92 Å². The molecule has 0 bridgehead atoms. The van der Waals surface area contributed by atoms with Crippen LogP contribution < -0.4 is 10.6 Å². The van der Waals surface area contributed by atoms with Crippen molar-refractivity contribution in [2.24, 2.45) is 0 Å². The molecular weight excluding hydrogens is 298 g/mol. The van der Waals surface area contributed by atoms with Gasteiger partial charge in [-0.3, -0.25) is 0 Å². The Kier molecular flexibility index (Phi) is 5.24. The summed E-state index contributed by atoms with van der Waals surface area (Å²) in [4.78, 5) is 27.0. The van der Waals surface area contributed by atoms with Gasteiger partial charge in [0.15, 0.2) is 0 Å². The van der Waals surface area contributed by atoms with Crippen molar-refractivity contribution >= 4 is 35.1 Å². The van der Waals surface area contributed by atoms with Crippen LogP contribution in [0.2, 0.25) is 0 Å². The van der Waals surface area contributed by atoms with Gasteiger partial charge in [0.25, 0.3) is 0 Å². The summed E-state index contributed by atoms with van der Waals surface area (Å²) in [5, 5.41) is 15.2. The number of carboxylic acid groups (broad SMARTS) is 1. The molecule has 2 amide bonds. The van der Waals surface area contributed by atoms with E-state index in [2.05, 4.69) is 15.6 Å². The number of carbonyl (C=O) groups is 2. The molecule has 110 valence electrons. The first-order valence-corrected chi connectivity index (χ1v) is 8.35. The van der Waals surface area contributed by atoms with E-state index >= 15 is 0 Å². The van der Waals surface area contributed by atoms with Crippen molar-refractivity contribution in [2.75, 3.05) is 11.5 Å². The van der Waals surface area contributed by atoms with E-state index in [-0.39, 0.29) is 23.5 Å². The number of rotatable bonds is 4. The molecule has 0 aromatic carbocycles. The third-order valence-corrected chi connectivity index (χ3v) is 5.29. The van der Waals surface area contributed by atoms with Crippen LogP contribution in [0.1, 0.15) is 33.2 Å². The molecule has 6 nitrogen and oxygen atoms in total. The Labute approximate surface area is 125 Å². The zero-order valence-electron chi connectivity index (χ0n) is 11.1. The number of carboxylic acids is 1. The fourth-order valence-corrected chi connectivity index (χ4v) is 3.89. The van der Waals surface area contributed by atoms with Gasteiger partial charge in [-0.25, -0.2) is 14.6 Å². The number of nitrogens with one attached hydrogen (secondary N) is 2. The standard InChI is InChI=1S/C12H17N3O3S2/c1-7-10(11(16)17)20-9(14-7)5-13-12(18)15-8-3-2-4-19-6-8/h8H,2-6H2,1H3,(H,16,17)(H2,13,15,18). The predicted octanol–water partition coefficient (Wildman–Crippen LogP) is 1.84. The maximum Gasteiger partial charge on any atom is 0.347 e. The Hall–Kier alpha value is -1.28. The third kappa shape index (κ3) is 4.11. The van der Waals surface area contributed by atoms with Gasteiger partial charge in [-0.05, 0) is 25.5 Å². The van der Waals surface area contributed by atoms with Gasteiger partial charge < -0.3 is 15.7 Å². The predicted molar refractivity (Wildman–Crippen MR) is 79.5 cm³/mol. The lowest BCUT2D eigenvalue weighted by Crippen LogP contribution is -2.44. The van der Waals surface area contributed by atoms with E-state index < -0.39 is 5.97 Å². The summed E-state index contributed by atoms with van der Waals surface area (Å²) in [7, 11) is 0. The van der Waals surface area contributed by atoms with Gasteiger partial charge in [-0.15, -0.1) is 11.3 Å². The second kappa shape index (κ2) is 6.94. The normalized spacial score (nSPS) is 18.6. The summed E-state index contributed by atoms with van der Waals surface area (Å²) in [6.07, 6.45) is 2.14. The maximum absolute atomic E-state index is 11.7. The van der Waals surface area contributed by atoms with Gasteiger partial charge in [0.1, 0.15) is 9.88 Å². The first-order valence-electron chi connectivity index (χ1n) is 6.38. The SMILES string of the molecule is Cc1nc(CNC(=O)NC2CCCSC2)sc1C(=O)O. The van der Waals surface area contributed by atoms with Crippen molar-refractivity contribution in [2.45, 2.75) is 32.4 Å². The minimum atomic E-state index is -0.977. The summed E-state index contributed by atoms with van der Waals surface area (Å²) >= 11 is 2.95. The van der Waals surface area contributed by atoms with Crippen LogP contribution >= 0.6 is 23.1 Å². The number of hydrogen-bond acceptors (Lipinski definition) is 5. The Bertz CT molecular complexity index is 498. The van der Waals surface area contributed by atoms with Crippen LogP contribution in [-0.2, 0) is 6.54 Å². The lowest BCUT2D eigenvalue weighted by Gasteiger charge is -2.22. The molecule has 2 rings (SSSR count). The fraction of sp³-hybridized carbons (Fsp3) is 0.583. The number of aromatic carboxylic acids is 1. The van der Waals surface area contributed by atoms with Crippen molar-refractivity contribution in [1.82, 2.24) is 15.6 Å². The number of thioether (sulfide) groups is 1. The quantitative estimate of drug-likeness (QED) is 0.788. The average Bonchev–Trinajstić information content (AvgIpc) is 2.79. The highest BCUT2D eigenvalue weighted by Crippen LogP contribution is 2.18. The Morgan fingerprint density at radius 1 is 1.50 bits per heavy atom. The zero-order chi connectivity index (χ0) is 14.5. The van der Waals surface area contributed by atoms with E-state index in [1.54, 1.807) is 6.92 Å². The summed E-state index contributed by atoms with van der Waals surface area (Å²) in [6.45, 7) is 1.91. The zero-order valence-corrected chi connectivity index (χ0v) is 12.8. The Balaban J connectivity index is 1.80. The number of urea groups is 1. The molecule has 1 aliphatic heterocycles. The Morgan fingerprint density at radius 3 is 2.90 bits per heavy atom. The van der Waals surface area contributed by atoms with Crippen molar-refractivity contribution in [3.05, 3.63) is 15.6 Å². The molecule has 1 aromatic heterocycles. The molecule has 8 heteroatoms. The summed E-state index contributed by atoms with van der Waals surface area (Å²) < 4.78 is 0. The largest absolute Gasteiger partial charge is 0.477 e. The minimum Gasteiger partial charge on any atom is -0.477 e. The number of aromatic nitrogens is 1. The molecule has 0 radical (unpaired) electrons. The Morgan fingerprint density at radius 2 is 2.30 bits per heavy atom. The minimum absolute atomic E-state index is 0.220. The van der Waals surface area contributed by atoms with Crippen LogP contribution in [0.15, 0.2) is 0 Å². The number of aryl methyl sites for hydroxylation is 1. The van der Waals surface area contributed by atoms with Gasteiger partial charge in [0, 0.05) is 11.8 Å². The number of nitrogens with zero attached hydrogens (tertiary/aromatic N) is 1. The van der Waals surface area contributed by atoms with Crippen LogP contribution in [0.3, 0.4) is 0 Å². The summed E-state index contributed by atoms with van der Waals surface area (Å²) in [6, 6.07) is 0.00332. The monoisotopic (exact) mass is 315 g/mol. The van der Waals surface area contributed by atoms with Crippen molar-refractivity contribution in [3.8, 4) is 0 Å².